The van der Waals surface area contributed by atoms with E-state index in [1.54, 1.807) is 24.3 Å². The molecule has 0 unspecified atom stereocenters. The highest BCUT2D eigenvalue weighted by atomic mass is 35.5. The number of aromatic carboxylic acids is 1. The van der Waals surface area contributed by atoms with Crippen molar-refractivity contribution in [1.29, 1.82) is 0 Å². The van der Waals surface area contributed by atoms with Gasteiger partial charge in [-0.3, -0.25) is 4.79 Å². The van der Waals surface area contributed by atoms with Crippen LogP contribution < -0.4 is 10.4 Å². The number of nitrogens with zero attached hydrogens (tertiary/aromatic N) is 2. The first-order valence-corrected chi connectivity index (χ1v) is 8.63. The molecule has 0 fully saturated rings. The number of thioether (sulfide) groups is 1. The molecular formula is C16H15ClN3O5S-. The molecule has 26 heavy (non-hydrogen) atoms. The van der Waals surface area contributed by atoms with E-state index in [1.807, 2.05) is 0 Å². The number of hydrogen-bond acceptors (Lipinski definition) is 8. The van der Waals surface area contributed by atoms with E-state index in [2.05, 4.69) is 15.3 Å². The van der Waals surface area contributed by atoms with E-state index in [4.69, 9.17) is 21.1 Å². The molecule has 1 aromatic heterocycles. The molecule has 1 amide bonds. The largest absolute Gasteiger partial charge is 0.545 e. The van der Waals surface area contributed by atoms with Gasteiger partial charge in [-0.25, -0.2) is 9.97 Å². The van der Waals surface area contributed by atoms with Crippen LogP contribution in [0.4, 0.5) is 5.69 Å². The summed E-state index contributed by atoms with van der Waals surface area (Å²) in [5.41, 5.74) is 0.259. The maximum Gasteiger partial charge on any atom is 0.234 e. The van der Waals surface area contributed by atoms with Crippen LogP contribution in [0.15, 0.2) is 35.6 Å². The van der Waals surface area contributed by atoms with Gasteiger partial charge in [0.25, 0.3) is 0 Å². The van der Waals surface area contributed by atoms with Crippen molar-refractivity contribution in [3.8, 4) is 0 Å². The van der Waals surface area contributed by atoms with Gasteiger partial charge in [-0.2, -0.15) is 0 Å². The van der Waals surface area contributed by atoms with E-state index < -0.39 is 12.3 Å². The molecular weight excluding hydrogens is 382 g/mol. The summed E-state index contributed by atoms with van der Waals surface area (Å²) in [5, 5.41) is 14.5. The average molecular weight is 397 g/mol. The van der Waals surface area contributed by atoms with Gasteiger partial charge in [0, 0.05) is 26.0 Å². The number of methoxy groups -OCH3 is 2. The first-order valence-electron chi connectivity index (χ1n) is 7.27. The first kappa shape index (κ1) is 20.1. The lowest BCUT2D eigenvalue weighted by molar-refractivity contribution is -0.255. The predicted octanol–water partition coefficient (Wildman–Crippen LogP) is 1.52. The Morgan fingerprint density at radius 3 is 2.62 bits per heavy atom. The molecule has 0 spiro atoms. The summed E-state index contributed by atoms with van der Waals surface area (Å²) in [7, 11) is 2.69. The van der Waals surface area contributed by atoms with Gasteiger partial charge in [0.15, 0.2) is 5.16 Å². The smallest absolute Gasteiger partial charge is 0.234 e. The van der Waals surface area contributed by atoms with Crippen molar-refractivity contribution in [3.05, 3.63) is 46.7 Å². The highest BCUT2D eigenvalue weighted by Gasteiger charge is 2.19. The zero-order valence-corrected chi connectivity index (χ0v) is 15.5. The van der Waals surface area contributed by atoms with Gasteiger partial charge in [0.05, 0.1) is 22.4 Å². The lowest BCUT2D eigenvalue weighted by Crippen LogP contribution is -2.26. The molecule has 8 nitrogen and oxygen atoms in total. The molecule has 0 atom stereocenters. The fourth-order valence-electron chi connectivity index (χ4n) is 1.98. The Labute approximate surface area is 158 Å². The molecule has 2 rings (SSSR count). The van der Waals surface area contributed by atoms with Crippen molar-refractivity contribution in [3.63, 3.8) is 0 Å². The molecule has 1 aromatic carbocycles. The fourth-order valence-corrected chi connectivity index (χ4v) is 2.79. The van der Waals surface area contributed by atoms with Gasteiger partial charge in [0.1, 0.15) is 5.69 Å². The molecule has 2 aromatic rings. The normalized spacial score (nSPS) is 10.8. The molecule has 0 bridgehead atoms. The molecule has 0 aliphatic rings. The van der Waals surface area contributed by atoms with Crippen LogP contribution in [0.1, 0.15) is 22.3 Å². The standard InChI is InChI=1S/C16H16ClN3O5S/c1-24-15(25-2)13-9(14(22)23)7-18-16(20-13)26-8-12(21)19-11-6-4-3-5-10(11)17/h3-7,15H,8H2,1-2H3,(H,19,21)(H,22,23)/p-1. The van der Waals surface area contributed by atoms with Gasteiger partial charge in [-0.15, -0.1) is 0 Å². The summed E-state index contributed by atoms with van der Waals surface area (Å²) in [6.45, 7) is 0. The average Bonchev–Trinajstić information content (AvgIpc) is 2.63. The van der Waals surface area contributed by atoms with E-state index in [-0.39, 0.29) is 28.1 Å². The number of carbonyl (C=O) groups excluding carboxylic acids is 2. The Hall–Kier alpha value is -2.20. The quantitative estimate of drug-likeness (QED) is 0.406. The van der Waals surface area contributed by atoms with Gasteiger partial charge in [0.2, 0.25) is 12.2 Å². The number of halogens is 1. The minimum atomic E-state index is -1.45. The number of aromatic nitrogens is 2. The van der Waals surface area contributed by atoms with Crippen LogP contribution in [-0.4, -0.2) is 41.8 Å². The SMILES string of the molecule is COC(OC)c1nc(SCC(=O)Nc2ccccc2Cl)ncc1C(=O)[O-]. The van der Waals surface area contributed by atoms with Gasteiger partial charge >= 0.3 is 0 Å². The molecule has 0 saturated heterocycles. The van der Waals surface area contributed by atoms with Crippen LogP contribution in [0.3, 0.4) is 0 Å². The summed E-state index contributed by atoms with van der Waals surface area (Å²) in [5.74, 6) is -1.76. The number of benzene rings is 1. The number of nitrogens with one attached hydrogen (secondary N) is 1. The monoisotopic (exact) mass is 396 g/mol. The van der Waals surface area contributed by atoms with E-state index in [1.165, 1.54) is 14.2 Å². The van der Waals surface area contributed by atoms with Gasteiger partial charge in [-0.05, 0) is 12.1 Å². The number of para-hydroxylation sites is 1. The van der Waals surface area contributed by atoms with Gasteiger partial charge in [-0.1, -0.05) is 35.5 Å². The maximum absolute atomic E-state index is 12.0. The summed E-state index contributed by atoms with van der Waals surface area (Å²) in [6.07, 6.45) is 0.0963. The van der Waals surface area contributed by atoms with Crippen LogP contribution in [0, 0.1) is 0 Å². The number of ether oxygens (including phenoxy) is 2. The summed E-state index contributed by atoms with van der Waals surface area (Å²) in [6, 6.07) is 6.84. The Kier molecular flexibility index (Phi) is 7.34. The van der Waals surface area contributed by atoms with Crippen molar-refractivity contribution < 1.29 is 24.2 Å². The lowest BCUT2D eigenvalue weighted by atomic mass is 10.2. The Morgan fingerprint density at radius 2 is 2.00 bits per heavy atom. The molecule has 1 heterocycles. The van der Waals surface area contributed by atoms with E-state index in [9.17, 15) is 14.7 Å². The highest BCUT2D eigenvalue weighted by molar-refractivity contribution is 7.99. The van der Waals surface area contributed by atoms with Crippen LogP contribution in [0.25, 0.3) is 0 Å². The van der Waals surface area contributed by atoms with Crippen molar-refractivity contribution in [2.45, 2.75) is 11.4 Å². The van der Waals surface area contributed by atoms with Crippen LogP contribution in [0.2, 0.25) is 5.02 Å². The maximum atomic E-state index is 12.0. The Bertz CT molecular complexity index is 801. The minimum Gasteiger partial charge on any atom is -0.545 e. The topological polar surface area (TPSA) is 113 Å². The molecule has 0 saturated carbocycles. The van der Waals surface area contributed by atoms with Crippen molar-refractivity contribution in [2.75, 3.05) is 25.3 Å². The second-order valence-electron chi connectivity index (χ2n) is 4.86. The molecule has 0 aliphatic heterocycles. The van der Waals surface area contributed by atoms with E-state index >= 15 is 0 Å². The number of carbonyl (C=O) groups is 2. The predicted molar refractivity (Wildman–Crippen MR) is 93.9 cm³/mol. The second-order valence-corrected chi connectivity index (χ2v) is 6.21. The third kappa shape index (κ3) is 5.15. The van der Waals surface area contributed by atoms with Crippen LogP contribution >= 0.6 is 23.4 Å². The van der Waals surface area contributed by atoms with Crippen molar-refractivity contribution >= 4 is 40.9 Å². The number of carboxylic acids is 1. The summed E-state index contributed by atoms with van der Waals surface area (Å²) < 4.78 is 10.1. The number of amides is 1. The highest BCUT2D eigenvalue weighted by Crippen LogP contribution is 2.23. The number of hydrogen-bond donors (Lipinski definition) is 1. The lowest BCUT2D eigenvalue weighted by Gasteiger charge is -2.17. The van der Waals surface area contributed by atoms with E-state index in [0.29, 0.717) is 10.7 Å². The van der Waals surface area contributed by atoms with Crippen molar-refractivity contribution in [2.24, 2.45) is 0 Å². The molecule has 0 aliphatic carbocycles. The van der Waals surface area contributed by atoms with Crippen LogP contribution in [-0.2, 0) is 14.3 Å². The first-order chi connectivity index (χ1) is 12.5. The minimum absolute atomic E-state index is 0.0000375. The second kappa shape index (κ2) is 9.48. The molecule has 138 valence electrons. The Balaban J connectivity index is 2.09. The Morgan fingerprint density at radius 1 is 1.31 bits per heavy atom. The molecule has 10 heteroatoms. The summed E-state index contributed by atoms with van der Waals surface area (Å²) in [4.78, 5) is 31.3. The third-order valence-electron chi connectivity index (χ3n) is 3.15. The number of rotatable bonds is 8. The number of anilines is 1. The zero-order chi connectivity index (χ0) is 19.1. The van der Waals surface area contributed by atoms with Crippen LogP contribution in [0.5, 0.6) is 0 Å². The molecule has 1 N–H and O–H groups in total. The molecule has 0 radical (unpaired) electrons. The summed E-state index contributed by atoms with van der Waals surface area (Å²) >= 11 is 7.01. The third-order valence-corrected chi connectivity index (χ3v) is 4.34. The zero-order valence-electron chi connectivity index (χ0n) is 13.9. The van der Waals surface area contributed by atoms with E-state index in [0.717, 1.165) is 18.0 Å². The van der Waals surface area contributed by atoms with Gasteiger partial charge < -0.3 is 24.7 Å². The number of carboxylic acid groups (broad SMARTS) is 1. The fraction of sp³-hybridized carbons (Fsp3) is 0.250. The van der Waals surface area contributed by atoms with Crippen molar-refractivity contribution in [1.82, 2.24) is 9.97 Å².